The Bertz CT molecular complexity index is 594. The molecule has 0 radical (unpaired) electrons. The topological polar surface area (TPSA) is 66.8 Å². The Morgan fingerprint density at radius 3 is 2.77 bits per heavy atom. The number of allylic oxidation sites excluding steroid dienone is 1. The number of hydrogen-bond donors (Lipinski definition) is 1. The van der Waals surface area contributed by atoms with E-state index in [2.05, 4.69) is 0 Å². The number of carboxylic acids is 1. The fraction of sp³-hybridized carbons (Fsp3) is 0.412. The Balaban J connectivity index is 2.14. The Hall–Kier alpha value is -2.30. The zero-order valence-corrected chi connectivity index (χ0v) is 12.9. The van der Waals surface area contributed by atoms with Crippen molar-refractivity contribution in [3.63, 3.8) is 0 Å². The molecule has 1 N–H and O–H groups in total. The van der Waals surface area contributed by atoms with Gasteiger partial charge in [-0.25, -0.2) is 0 Å². The van der Waals surface area contributed by atoms with Crippen LogP contribution in [0, 0.1) is 5.92 Å². The largest absolute Gasteiger partial charge is 0.496 e. The summed E-state index contributed by atoms with van der Waals surface area (Å²) >= 11 is 0. The van der Waals surface area contributed by atoms with Crippen molar-refractivity contribution in [2.45, 2.75) is 19.8 Å². The van der Waals surface area contributed by atoms with Gasteiger partial charge in [-0.2, -0.15) is 0 Å². The fourth-order valence-electron chi connectivity index (χ4n) is 2.70. The van der Waals surface area contributed by atoms with Gasteiger partial charge in [0.25, 0.3) is 0 Å². The van der Waals surface area contributed by atoms with Crippen LogP contribution < -0.4 is 4.74 Å². The minimum atomic E-state index is -0.831. The van der Waals surface area contributed by atoms with Crippen LogP contribution in [0.2, 0.25) is 0 Å². The first kappa shape index (κ1) is 16.1. The maximum atomic E-state index is 12.4. The number of piperidine rings is 1. The molecule has 1 heterocycles. The molecule has 1 fully saturated rings. The number of carboxylic acid groups (broad SMARTS) is 1. The van der Waals surface area contributed by atoms with E-state index in [1.807, 2.05) is 31.2 Å². The smallest absolute Gasteiger partial charge is 0.308 e. The molecule has 0 spiro atoms. The second-order valence-corrected chi connectivity index (χ2v) is 5.49. The van der Waals surface area contributed by atoms with E-state index in [1.54, 1.807) is 18.1 Å². The molecular weight excluding hydrogens is 282 g/mol. The second-order valence-electron chi connectivity index (χ2n) is 5.49. The summed E-state index contributed by atoms with van der Waals surface area (Å²) in [5.74, 6) is -0.721. The van der Waals surface area contributed by atoms with Crippen molar-refractivity contribution in [1.29, 1.82) is 0 Å². The number of ether oxygens (including phenoxy) is 1. The van der Waals surface area contributed by atoms with Crippen LogP contribution in [0.15, 0.2) is 30.3 Å². The number of carbonyl (C=O) groups excluding carboxylic acids is 1. The molecule has 22 heavy (non-hydrogen) atoms. The lowest BCUT2D eigenvalue weighted by atomic mass is 9.98. The van der Waals surface area contributed by atoms with E-state index in [4.69, 9.17) is 9.84 Å². The minimum Gasteiger partial charge on any atom is -0.496 e. The standard InChI is InChI=1S/C17H21NO4/c1-12(14-7-3-4-8-15(14)22-2)10-16(19)18-9-5-6-13(11-18)17(20)21/h3-4,7-8,10,13H,5-6,9,11H2,1-2H3,(H,20,21)/b12-10+. The van der Waals surface area contributed by atoms with Crippen molar-refractivity contribution in [2.75, 3.05) is 20.2 Å². The lowest BCUT2D eigenvalue weighted by molar-refractivity contribution is -0.144. The van der Waals surface area contributed by atoms with Crippen molar-refractivity contribution in [1.82, 2.24) is 4.90 Å². The summed E-state index contributed by atoms with van der Waals surface area (Å²) in [4.78, 5) is 25.1. The van der Waals surface area contributed by atoms with Crippen LogP contribution in [-0.2, 0) is 9.59 Å². The van der Waals surface area contributed by atoms with Gasteiger partial charge in [-0.15, -0.1) is 0 Å². The van der Waals surface area contributed by atoms with E-state index in [1.165, 1.54) is 0 Å². The van der Waals surface area contributed by atoms with Crippen LogP contribution in [0.3, 0.4) is 0 Å². The number of hydrogen-bond acceptors (Lipinski definition) is 3. The number of amides is 1. The number of rotatable bonds is 4. The highest BCUT2D eigenvalue weighted by Crippen LogP contribution is 2.26. The first-order valence-electron chi connectivity index (χ1n) is 7.36. The zero-order chi connectivity index (χ0) is 16.1. The highest BCUT2D eigenvalue weighted by atomic mass is 16.5. The maximum Gasteiger partial charge on any atom is 0.308 e. The number of benzene rings is 1. The number of methoxy groups -OCH3 is 1. The molecule has 1 amide bonds. The summed E-state index contributed by atoms with van der Waals surface area (Å²) in [5, 5.41) is 9.10. The molecule has 0 aliphatic carbocycles. The third kappa shape index (κ3) is 3.67. The molecule has 0 aromatic heterocycles. The molecule has 5 heteroatoms. The Morgan fingerprint density at radius 1 is 1.36 bits per heavy atom. The molecule has 0 saturated carbocycles. The van der Waals surface area contributed by atoms with Crippen LogP contribution in [-0.4, -0.2) is 42.1 Å². The lowest BCUT2D eigenvalue weighted by Gasteiger charge is -2.30. The number of carbonyl (C=O) groups is 2. The molecule has 118 valence electrons. The quantitative estimate of drug-likeness (QED) is 0.868. The summed E-state index contributed by atoms with van der Waals surface area (Å²) < 4.78 is 5.30. The molecule has 1 aliphatic rings. The SMILES string of the molecule is COc1ccccc1/C(C)=C/C(=O)N1CCCC(C(=O)O)C1. The van der Waals surface area contributed by atoms with Gasteiger partial charge < -0.3 is 14.7 Å². The van der Waals surface area contributed by atoms with Crippen LogP contribution >= 0.6 is 0 Å². The van der Waals surface area contributed by atoms with Gasteiger partial charge in [-0.3, -0.25) is 9.59 Å². The van der Waals surface area contributed by atoms with Gasteiger partial charge in [0.05, 0.1) is 13.0 Å². The van der Waals surface area contributed by atoms with Crippen molar-refractivity contribution >= 4 is 17.4 Å². The summed E-state index contributed by atoms with van der Waals surface area (Å²) in [5.41, 5.74) is 1.67. The summed E-state index contributed by atoms with van der Waals surface area (Å²) in [7, 11) is 1.59. The normalized spacial score (nSPS) is 18.9. The van der Waals surface area contributed by atoms with Gasteiger partial charge in [0.15, 0.2) is 0 Å². The van der Waals surface area contributed by atoms with Crippen molar-refractivity contribution < 1.29 is 19.4 Å². The van der Waals surface area contributed by atoms with Gasteiger partial charge in [0.1, 0.15) is 5.75 Å². The first-order chi connectivity index (χ1) is 10.5. The third-order valence-electron chi connectivity index (χ3n) is 3.95. The van der Waals surface area contributed by atoms with Crippen molar-refractivity contribution in [2.24, 2.45) is 5.92 Å². The van der Waals surface area contributed by atoms with E-state index < -0.39 is 11.9 Å². The van der Waals surface area contributed by atoms with Gasteiger partial charge in [0.2, 0.25) is 5.91 Å². The highest BCUT2D eigenvalue weighted by molar-refractivity contribution is 5.95. The molecule has 1 aromatic rings. The summed E-state index contributed by atoms with van der Waals surface area (Å²) in [6.45, 7) is 2.75. The van der Waals surface area contributed by atoms with Crippen LogP contribution in [0.5, 0.6) is 5.75 Å². The maximum absolute atomic E-state index is 12.4. The van der Waals surface area contributed by atoms with Crippen molar-refractivity contribution in [3.8, 4) is 5.75 Å². The highest BCUT2D eigenvalue weighted by Gasteiger charge is 2.27. The van der Waals surface area contributed by atoms with E-state index in [0.29, 0.717) is 18.7 Å². The molecule has 1 atom stereocenters. The number of para-hydroxylation sites is 1. The van der Waals surface area contributed by atoms with Crippen molar-refractivity contribution in [3.05, 3.63) is 35.9 Å². The minimum absolute atomic E-state index is 0.144. The molecule has 1 saturated heterocycles. The van der Waals surface area contributed by atoms with Crippen LogP contribution in [0.1, 0.15) is 25.3 Å². The first-order valence-corrected chi connectivity index (χ1v) is 7.36. The molecule has 1 unspecified atom stereocenters. The van der Waals surface area contributed by atoms with E-state index in [9.17, 15) is 9.59 Å². The zero-order valence-electron chi connectivity index (χ0n) is 12.9. The predicted octanol–water partition coefficient (Wildman–Crippen LogP) is 2.42. The second kappa shape index (κ2) is 7.11. The number of nitrogens with zero attached hydrogens (tertiary/aromatic N) is 1. The third-order valence-corrected chi connectivity index (χ3v) is 3.95. The summed E-state index contributed by atoms with van der Waals surface area (Å²) in [6, 6.07) is 7.51. The van der Waals surface area contributed by atoms with E-state index in [-0.39, 0.29) is 12.5 Å². The van der Waals surface area contributed by atoms with E-state index in [0.717, 1.165) is 17.6 Å². The lowest BCUT2D eigenvalue weighted by Crippen LogP contribution is -2.41. The average Bonchev–Trinajstić information content (AvgIpc) is 2.54. The Morgan fingerprint density at radius 2 is 2.09 bits per heavy atom. The molecule has 1 aromatic carbocycles. The summed E-state index contributed by atoms with van der Waals surface area (Å²) in [6.07, 6.45) is 2.92. The number of likely N-dealkylation sites (tertiary alicyclic amines) is 1. The number of aliphatic carboxylic acids is 1. The van der Waals surface area contributed by atoms with Gasteiger partial charge >= 0.3 is 5.97 Å². The van der Waals surface area contributed by atoms with Gasteiger partial charge in [0, 0.05) is 24.7 Å². The molecule has 1 aliphatic heterocycles. The molecular formula is C17H21NO4. The van der Waals surface area contributed by atoms with Crippen LogP contribution in [0.4, 0.5) is 0 Å². The fourth-order valence-corrected chi connectivity index (χ4v) is 2.70. The predicted molar refractivity (Wildman–Crippen MR) is 83.6 cm³/mol. The Labute approximate surface area is 130 Å². The van der Waals surface area contributed by atoms with Gasteiger partial charge in [-0.1, -0.05) is 18.2 Å². The van der Waals surface area contributed by atoms with Crippen LogP contribution in [0.25, 0.3) is 5.57 Å². The average molecular weight is 303 g/mol. The molecule has 2 rings (SSSR count). The molecule has 0 bridgehead atoms. The Kier molecular flexibility index (Phi) is 5.20. The van der Waals surface area contributed by atoms with E-state index >= 15 is 0 Å². The monoisotopic (exact) mass is 303 g/mol. The molecule has 5 nitrogen and oxygen atoms in total. The van der Waals surface area contributed by atoms with Gasteiger partial charge in [-0.05, 0) is 31.4 Å².